The van der Waals surface area contributed by atoms with Crippen molar-refractivity contribution in [1.82, 2.24) is 5.32 Å². The van der Waals surface area contributed by atoms with Crippen molar-refractivity contribution in [1.29, 1.82) is 0 Å². The maximum atomic E-state index is 12.0. The third kappa shape index (κ3) is 6.77. The number of hydrogen-bond donors (Lipinski definition) is 1. The number of rotatable bonds is 9. The Morgan fingerprint density at radius 2 is 2.25 bits per heavy atom. The summed E-state index contributed by atoms with van der Waals surface area (Å²) in [5.74, 6) is -2.76. The predicted molar refractivity (Wildman–Crippen MR) is 69.0 cm³/mol. The average molecular weight is 291 g/mol. The number of ketones is 1. The molecule has 0 rings (SSSR count). The average Bonchev–Trinajstić information content (AvgIpc) is 2.46. The van der Waals surface area contributed by atoms with Gasteiger partial charge in [-0.1, -0.05) is 0 Å². The van der Waals surface area contributed by atoms with E-state index in [2.05, 4.69) is 19.6 Å². The number of carbonyl (C=O) groups is 3. The van der Waals surface area contributed by atoms with E-state index in [4.69, 9.17) is 13.8 Å². The molecule has 0 aromatic heterocycles. The highest BCUT2D eigenvalue weighted by Gasteiger charge is 2.25. The molecule has 0 heterocycles. The van der Waals surface area contributed by atoms with Crippen molar-refractivity contribution in [2.75, 3.05) is 13.6 Å². The molecule has 0 radical (unpaired) electrons. The van der Waals surface area contributed by atoms with E-state index in [1.54, 1.807) is 0 Å². The molecule has 0 aromatic rings. The molecule has 1 amide bonds. The van der Waals surface area contributed by atoms with Crippen LogP contribution >= 0.6 is 0 Å². The second kappa shape index (κ2) is 9.82. The molecule has 0 aliphatic rings. The van der Waals surface area contributed by atoms with Crippen LogP contribution in [0.15, 0.2) is 0 Å². The van der Waals surface area contributed by atoms with Gasteiger partial charge in [0.15, 0.2) is 0 Å². The van der Waals surface area contributed by atoms with Gasteiger partial charge < -0.3 is 20.3 Å². The first kappa shape index (κ1) is 9.79. The van der Waals surface area contributed by atoms with Gasteiger partial charge in [-0.05, 0) is 20.2 Å². The van der Waals surface area contributed by atoms with Gasteiger partial charge in [0.2, 0.25) is 11.7 Å². The second-order valence-corrected chi connectivity index (χ2v) is 3.68. The zero-order valence-electron chi connectivity index (χ0n) is 16.8. The van der Waals surface area contributed by atoms with E-state index in [1.165, 1.54) is 0 Å². The molecule has 8 nitrogen and oxygen atoms in total. The van der Waals surface area contributed by atoms with E-state index in [9.17, 15) is 14.4 Å². The Bertz CT molecular complexity index is 571. The number of carbonyl (C=O) groups excluding carboxylic acids is 3. The fourth-order valence-electron chi connectivity index (χ4n) is 1.18. The van der Waals surface area contributed by atoms with Gasteiger partial charge in [0, 0.05) is 17.6 Å². The smallest absolute Gasteiger partial charge is 0.328 e. The minimum atomic E-state index is -2.85. The number of nitrogens with zero attached hydrogens (tertiary/aromatic N) is 2. The Morgan fingerprint density at radius 1 is 1.50 bits per heavy atom. The Labute approximate surface area is 125 Å². The molecule has 0 fully saturated rings. The molecular weight excluding hydrogens is 266 g/mol. The van der Waals surface area contributed by atoms with Crippen LogP contribution in [0, 0.1) is 0 Å². The summed E-state index contributed by atoms with van der Waals surface area (Å²) in [5, 5.41) is 2.14. The zero-order chi connectivity index (χ0) is 20.5. The largest absolute Gasteiger partial charge is 0.464 e. The zero-order valence-corrected chi connectivity index (χ0v) is 10.8. The summed E-state index contributed by atoms with van der Waals surface area (Å²) in [6.07, 6.45) is -1.48. The number of nitrogens with one attached hydrogen (secondary N) is 1. The van der Waals surface area contributed by atoms with Crippen molar-refractivity contribution >= 4 is 23.9 Å². The van der Waals surface area contributed by atoms with Gasteiger partial charge >= 0.3 is 12.2 Å². The third-order valence-corrected chi connectivity index (χ3v) is 2.24. The summed E-state index contributed by atoms with van der Waals surface area (Å²) in [7, 11) is -2.85. The standard InChI is InChI=1S/C12H19N3O5/c1-4-20-12(18)10(6-5-9(16)7-14-13)15-11(17)8(2)19-3/h7-8,10H,4-6H2,1-3H3,(H,15,17)/t8-,10-/m0/s1/i1D3,3D3. The van der Waals surface area contributed by atoms with E-state index in [-0.39, 0.29) is 12.8 Å². The highest BCUT2D eigenvalue weighted by molar-refractivity contribution is 6.25. The molecular formula is C12H19N3O5. The normalized spacial score (nSPS) is 18.4. The summed E-state index contributed by atoms with van der Waals surface area (Å²) in [6.45, 7) is -2.33. The molecule has 112 valence electrons. The van der Waals surface area contributed by atoms with E-state index < -0.39 is 50.3 Å². The lowest BCUT2D eigenvalue weighted by molar-refractivity contribution is -0.148. The second-order valence-electron chi connectivity index (χ2n) is 3.68. The summed E-state index contributed by atoms with van der Waals surface area (Å²) >= 11 is 0. The quantitative estimate of drug-likeness (QED) is 0.271. The molecule has 0 spiro atoms. The van der Waals surface area contributed by atoms with Crippen molar-refractivity contribution in [3.63, 3.8) is 0 Å². The van der Waals surface area contributed by atoms with Crippen molar-refractivity contribution in [2.24, 2.45) is 0 Å². The monoisotopic (exact) mass is 291 g/mol. The number of esters is 1. The highest BCUT2D eigenvalue weighted by Crippen LogP contribution is 2.02. The van der Waals surface area contributed by atoms with Gasteiger partial charge in [-0.2, -0.15) is 4.79 Å². The lowest BCUT2D eigenvalue weighted by atomic mass is 10.1. The van der Waals surface area contributed by atoms with Gasteiger partial charge in [-0.15, -0.1) is 0 Å². The van der Waals surface area contributed by atoms with Crippen LogP contribution in [-0.4, -0.2) is 54.5 Å². The first-order valence-electron chi connectivity index (χ1n) is 8.60. The lowest BCUT2D eigenvalue weighted by Crippen LogP contribution is -2.46. The maximum Gasteiger partial charge on any atom is 0.328 e. The van der Waals surface area contributed by atoms with Crippen LogP contribution < -0.4 is 5.32 Å². The van der Waals surface area contributed by atoms with Crippen LogP contribution in [0.3, 0.4) is 0 Å². The lowest BCUT2D eigenvalue weighted by Gasteiger charge is -2.18. The number of ether oxygens (including phenoxy) is 2. The topological polar surface area (TPSA) is 118 Å². The Hall–Kier alpha value is -2.05. The Morgan fingerprint density at radius 3 is 2.85 bits per heavy atom. The maximum absolute atomic E-state index is 12.0. The number of methoxy groups -OCH3 is 1. The van der Waals surface area contributed by atoms with Crippen molar-refractivity contribution < 1.29 is 36.9 Å². The Kier molecular flexibility index (Phi) is 4.81. The van der Waals surface area contributed by atoms with Crippen LogP contribution in [0.2, 0.25) is 0 Å². The van der Waals surface area contributed by atoms with Gasteiger partial charge in [-0.3, -0.25) is 9.59 Å². The first-order chi connectivity index (χ1) is 11.7. The molecule has 0 saturated carbocycles. The predicted octanol–water partition coefficient (Wildman–Crippen LogP) is -0.281. The molecule has 2 atom stereocenters. The Balaban J connectivity index is 5.00. The summed E-state index contributed by atoms with van der Waals surface area (Å²) < 4.78 is 50.8. The van der Waals surface area contributed by atoms with Crippen molar-refractivity contribution in [3.05, 3.63) is 5.53 Å². The summed E-state index contributed by atoms with van der Waals surface area (Å²) in [6, 6.07) is -1.43. The third-order valence-electron chi connectivity index (χ3n) is 2.24. The first-order valence-corrected chi connectivity index (χ1v) is 5.60. The van der Waals surface area contributed by atoms with Gasteiger partial charge in [0.1, 0.15) is 12.1 Å². The molecule has 8 heteroatoms. The molecule has 0 aliphatic carbocycles. The summed E-state index contributed by atoms with van der Waals surface area (Å²) in [4.78, 5) is 37.8. The number of amides is 1. The summed E-state index contributed by atoms with van der Waals surface area (Å²) in [5.41, 5.74) is 8.27. The molecule has 0 aliphatic heterocycles. The van der Waals surface area contributed by atoms with E-state index in [0.717, 1.165) is 6.92 Å². The highest BCUT2D eigenvalue weighted by atomic mass is 16.5. The van der Waals surface area contributed by atoms with Crippen LogP contribution in [0.5, 0.6) is 0 Å². The van der Waals surface area contributed by atoms with Crippen LogP contribution in [0.4, 0.5) is 0 Å². The van der Waals surface area contributed by atoms with Crippen LogP contribution in [-0.2, 0) is 23.9 Å². The minimum absolute atomic E-state index is 0.295. The van der Waals surface area contributed by atoms with Crippen molar-refractivity contribution in [3.8, 4) is 0 Å². The molecule has 1 N–H and O–H groups in total. The molecule has 20 heavy (non-hydrogen) atoms. The molecule has 0 aromatic carbocycles. The number of Topliss-reactive ketones (excluding diaryl/α,β-unsaturated/α-hetero) is 1. The molecule has 0 saturated heterocycles. The SMILES string of the molecule is [2H]C([2H])([2H])COC(=O)[C@H](CCC(=O)C=[N+]=[N-])NC(=O)[C@H](C)OC([2H])([2H])[2H]. The van der Waals surface area contributed by atoms with Crippen molar-refractivity contribution in [2.45, 2.75) is 38.8 Å². The minimum Gasteiger partial charge on any atom is -0.464 e. The molecule has 0 unspecified atom stereocenters. The van der Waals surface area contributed by atoms with Gasteiger partial charge in [-0.25, -0.2) is 4.79 Å². The van der Waals surface area contributed by atoms with Gasteiger partial charge in [0.05, 0.1) is 10.7 Å². The van der Waals surface area contributed by atoms with E-state index in [0.29, 0.717) is 6.21 Å². The number of hydrogen-bond acceptors (Lipinski definition) is 5. The van der Waals surface area contributed by atoms with Gasteiger partial charge in [0.25, 0.3) is 0 Å². The van der Waals surface area contributed by atoms with E-state index >= 15 is 0 Å². The van der Waals surface area contributed by atoms with Crippen LogP contribution in [0.25, 0.3) is 5.53 Å². The van der Waals surface area contributed by atoms with E-state index in [1.807, 2.05) is 0 Å². The fourth-order valence-corrected chi connectivity index (χ4v) is 1.18. The van der Waals surface area contributed by atoms with Crippen LogP contribution in [0.1, 0.15) is 34.8 Å². The fraction of sp³-hybridized carbons (Fsp3) is 0.667. The molecule has 0 bridgehead atoms.